The summed E-state index contributed by atoms with van der Waals surface area (Å²) in [6.07, 6.45) is 10.3. The molecule has 25 heavy (non-hydrogen) atoms. The van der Waals surface area contributed by atoms with E-state index in [1.165, 1.54) is 0 Å². The summed E-state index contributed by atoms with van der Waals surface area (Å²) in [5.74, 6) is 0.661. The topological polar surface area (TPSA) is 66.2 Å². The molecule has 0 amide bonds. The Kier molecular flexibility index (Phi) is 5.02. The van der Waals surface area contributed by atoms with Gasteiger partial charge in [0, 0.05) is 54.9 Å². The van der Waals surface area contributed by atoms with Gasteiger partial charge in [-0.1, -0.05) is 12.1 Å². The van der Waals surface area contributed by atoms with Gasteiger partial charge in [0.25, 0.3) is 0 Å². The minimum absolute atomic E-state index is 0. The third kappa shape index (κ3) is 3.50. The van der Waals surface area contributed by atoms with E-state index in [1.807, 2.05) is 55.0 Å². The molecule has 1 unspecified atom stereocenters. The van der Waals surface area contributed by atoms with Gasteiger partial charge in [0.1, 0.15) is 5.82 Å². The second-order valence-electron chi connectivity index (χ2n) is 5.59. The number of hydrogen-bond acceptors (Lipinski definition) is 5. The Morgan fingerprint density at radius 2 is 1.92 bits per heavy atom. The normalized spacial score (nSPS) is 16.1. The number of aromatic nitrogens is 3. The molecule has 4 rings (SSSR count). The number of hydrazine groups is 1. The van der Waals surface area contributed by atoms with Crippen LogP contribution in [0.1, 0.15) is 11.1 Å². The zero-order valence-corrected chi connectivity index (χ0v) is 14.2. The molecular formula is C18H18ClN5O. The maximum atomic E-state index is 10.6. The average Bonchev–Trinajstić information content (AvgIpc) is 3.26. The van der Waals surface area contributed by atoms with Crippen LogP contribution in [0.3, 0.4) is 0 Å². The van der Waals surface area contributed by atoms with Gasteiger partial charge in [-0.05, 0) is 29.8 Å². The number of nitrogens with one attached hydrogen (secondary N) is 1. The van der Waals surface area contributed by atoms with Crippen molar-refractivity contribution in [2.75, 3.05) is 5.01 Å². The fourth-order valence-corrected chi connectivity index (χ4v) is 2.72. The van der Waals surface area contributed by atoms with E-state index < -0.39 is 6.23 Å². The van der Waals surface area contributed by atoms with E-state index in [0.29, 0.717) is 5.82 Å². The van der Waals surface area contributed by atoms with Crippen LogP contribution in [-0.4, -0.2) is 25.9 Å². The van der Waals surface area contributed by atoms with Gasteiger partial charge in [-0.2, -0.15) is 0 Å². The SMILES string of the molecule is Cl.OC1C(c2cccnc2)=CNN1c1ccc(Cn2cccc2)cn1. The zero-order chi connectivity index (χ0) is 16.4. The fourth-order valence-electron chi connectivity index (χ4n) is 2.72. The minimum atomic E-state index is -0.808. The van der Waals surface area contributed by atoms with Gasteiger partial charge in [0.05, 0.1) is 0 Å². The molecule has 0 aliphatic carbocycles. The van der Waals surface area contributed by atoms with Gasteiger partial charge in [-0.25, -0.2) is 9.99 Å². The molecule has 128 valence electrons. The Morgan fingerprint density at radius 3 is 2.60 bits per heavy atom. The van der Waals surface area contributed by atoms with E-state index in [0.717, 1.165) is 23.2 Å². The van der Waals surface area contributed by atoms with E-state index in [4.69, 9.17) is 0 Å². The van der Waals surface area contributed by atoms with Gasteiger partial charge in [-0.3, -0.25) is 4.98 Å². The fraction of sp³-hybridized carbons (Fsp3) is 0.111. The maximum absolute atomic E-state index is 10.6. The van der Waals surface area contributed by atoms with E-state index in [2.05, 4.69) is 20.0 Å². The Labute approximate surface area is 151 Å². The van der Waals surface area contributed by atoms with Crippen molar-refractivity contribution in [2.45, 2.75) is 12.8 Å². The van der Waals surface area contributed by atoms with Crippen molar-refractivity contribution in [3.63, 3.8) is 0 Å². The van der Waals surface area contributed by atoms with Crippen molar-refractivity contribution in [2.24, 2.45) is 0 Å². The van der Waals surface area contributed by atoms with Crippen LogP contribution in [0.5, 0.6) is 0 Å². The number of aliphatic hydroxyl groups is 1. The lowest BCUT2D eigenvalue weighted by Crippen LogP contribution is -2.38. The summed E-state index contributed by atoms with van der Waals surface area (Å²) in [5, 5.41) is 12.2. The first-order valence-corrected chi connectivity index (χ1v) is 7.71. The highest BCUT2D eigenvalue weighted by Gasteiger charge is 2.27. The highest BCUT2D eigenvalue weighted by atomic mass is 35.5. The first kappa shape index (κ1) is 17.0. The summed E-state index contributed by atoms with van der Waals surface area (Å²) in [4.78, 5) is 8.55. The molecule has 3 aromatic heterocycles. The lowest BCUT2D eigenvalue weighted by Gasteiger charge is -2.23. The van der Waals surface area contributed by atoms with Crippen molar-refractivity contribution in [3.8, 4) is 0 Å². The lowest BCUT2D eigenvalue weighted by atomic mass is 10.1. The molecule has 6 nitrogen and oxygen atoms in total. The number of halogens is 1. The number of anilines is 1. The quantitative estimate of drug-likeness (QED) is 0.752. The Morgan fingerprint density at radius 1 is 1.08 bits per heavy atom. The first-order chi connectivity index (χ1) is 11.8. The third-order valence-corrected chi connectivity index (χ3v) is 3.96. The Hall–Kier alpha value is -2.83. The molecule has 0 fully saturated rings. The molecule has 1 atom stereocenters. The highest BCUT2D eigenvalue weighted by Crippen LogP contribution is 2.26. The van der Waals surface area contributed by atoms with Crippen LogP contribution >= 0.6 is 12.4 Å². The van der Waals surface area contributed by atoms with Crippen molar-refractivity contribution in [1.82, 2.24) is 20.0 Å². The smallest absolute Gasteiger partial charge is 0.175 e. The summed E-state index contributed by atoms with van der Waals surface area (Å²) in [7, 11) is 0. The zero-order valence-electron chi connectivity index (χ0n) is 13.4. The Balaban J connectivity index is 0.00000182. The Bertz CT molecular complexity index is 834. The molecule has 2 N–H and O–H groups in total. The lowest BCUT2D eigenvalue weighted by molar-refractivity contribution is 0.225. The summed E-state index contributed by atoms with van der Waals surface area (Å²) in [6, 6.07) is 11.7. The summed E-state index contributed by atoms with van der Waals surface area (Å²) >= 11 is 0. The third-order valence-electron chi connectivity index (χ3n) is 3.96. The maximum Gasteiger partial charge on any atom is 0.175 e. The van der Waals surface area contributed by atoms with Gasteiger partial charge in [0.2, 0.25) is 0 Å². The summed E-state index contributed by atoms with van der Waals surface area (Å²) in [5.41, 5.74) is 5.81. The van der Waals surface area contributed by atoms with Gasteiger partial charge < -0.3 is 15.1 Å². The van der Waals surface area contributed by atoms with E-state index in [1.54, 1.807) is 23.6 Å². The van der Waals surface area contributed by atoms with Crippen LogP contribution in [0, 0.1) is 0 Å². The monoisotopic (exact) mass is 355 g/mol. The van der Waals surface area contributed by atoms with E-state index in [9.17, 15) is 5.11 Å². The summed E-state index contributed by atoms with van der Waals surface area (Å²) < 4.78 is 2.09. The molecule has 0 saturated heterocycles. The number of nitrogens with zero attached hydrogens (tertiary/aromatic N) is 4. The average molecular weight is 356 g/mol. The molecule has 1 aliphatic heterocycles. The second kappa shape index (κ2) is 7.38. The molecule has 1 aliphatic rings. The van der Waals surface area contributed by atoms with Crippen molar-refractivity contribution < 1.29 is 5.11 Å². The summed E-state index contributed by atoms with van der Waals surface area (Å²) in [6.45, 7) is 0.773. The highest BCUT2D eigenvalue weighted by molar-refractivity contribution is 5.85. The van der Waals surface area contributed by atoms with Gasteiger partial charge in [-0.15, -0.1) is 12.4 Å². The van der Waals surface area contributed by atoms with Crippen molar-refractivity contribution in [1.29, 1.82) is 0 Å². The number of aliphatic hydroxyl groups excluding tert-OH is 1. The molecule has 3 aromatic rings. The number of hydrogen-bond donors (Lipinski definition) is 2. The number of rotatable bonds is 4. The van der Waals surface area contributed by atoms with Crippen molar-refractivity contribution >= 4 is 23.8 Å². The molecule has 0 radical (unpaired) electrons. The van der Waals surface area contributed by atoms with Gasteiger partial charge in [0.15, 0.2) is 6.23 Å². The van der Waals surface area contributed by atoms with Crippen LogP contribution in [0.15, 0.2) is 73.6 Å². The largest absolute Gasteiger partial charge is 0.368 e. The first-order valence-electron chi connectivity index (χ1n) is 7.71. The molecule has 4 heterocycles. The van der Waals surface area contributed by atoms with Crippen LogP contribution in [0.25, 0.3) is 5.57 Å². The predicted octanol–water partition coefficient (Wildman–Crippen LogP) is 2.43. The van der Waals surface area contributed by atoms with E-state index >= 15 is 0 Å². The molecule has 0 bridgehead atoms. The van der Waals surface area contributed by atoms with Crippen molar-refractivity contribution in [3.05, 3.63) is 84.7 Å². The van der Waals surface area contributed by atoms with Crippen LogP contribution in [-0.2, 0) is 6.54 Å². The van der Waals surface area contributed by atoms with Gasteiger partial charge >= 0.3 is 0 Å². The minimum Gasteiger partial charge on any atom is -0.368 e. The second-order valence-corrected chi connectivity index (χ2v) is 5.59. The molecule has 7 heteroatoms. The van der Waals surface area contributed by atoms with Crippen LogP contribution < -0.4 is 10.4 Å². The molecule has 0 aromatic carbocycles. The standard InChI is InChI=1S/C18H17N5O.ClH/c24-18-16(15-4-3-7-19-11-15)12-21-23(18)17-6-5-14(10-20-17)13-22-8-1-2-9-22;/h1-12,18,21,24H,13H2;1H. The van der Waals surface area contributed by atoms with Crippen LogP contribution in [0.4, 0.5) is 5.82 Å². The predicted molar refractivity (Wildman–Crippen MR) is 98.9 cm³/mol. The number of pyridine rings is 2. The van der Waals surface area contributed by atoms with Crippen LogP contribution in [0.2, 0.25) is 0 Å². The molecule has 0 spiro atoms. The molecular weight excluding hydrogens is 338 g/mol. The molecule has 0 saturated carbocycles. The van der Waals surface area contributed by atoms with E-state index in [-0.39, 0.29) is 12.4 Å².